The maximum Gasteiger partial charge on any atom is 0.280 e. The van der Waals surface area contributed by atoms with E-state index in [0.29, 0.717) is 5.56 Å². The van der Waals surface area contributed by atoms with Crippen LogP contribution in [0.3, 0.4) is 0 Å². The molecule has 0 bridgehead atoms. The first kappa shape index (κ1) is 30.9. The number of nitrogens with zero attached hydrogens (tertiary/aromatic N) is 6. The first-order valence-corrected chi connectivity index (χ1v) is 11.7. The molecule has 0 aliphatic heterocycles. The molecule has 0 aliphatic carbocycles. The van der Waals surface area contributed by atoms with Crippen molar-refractivity contribution in [3.05, 3.63) is 83.2 Å². The van der Waals surface area contributed by atoms with E-state index in [9.17, 15) is 28.6 Å². The predicted octanol–water partition coefficient (Wildman–Crippen LogP) is 5.25. The van der Waals surface area contributed by atoms with E-state index in [2.05, 4.69) is 19.9 Å². The monoisotopic (exact) mass is 608 g/mol. The lowest BCUT2D eigenvalue weighted by Gasteiger charge is -2.13. The highest BCUT2D eigenvalue weighted by molar-refractivity contribution is 6.69. The topological polar surface area (TPSA) is 135 Å². The van der Waals surface area contributed by atoms with Crippen molar-refractivity contribution in [1.29, 1.82) is 0 Å². The molecule has 3 heterocycles. The molecule has 0 spiro atoms. The first-order valence-electron chi connectivity index (χ1n) is 10.2. The molecule has 0 fully saturated rings. The van der Waals surface area contributed by atoms with Crippen LogP contribution >= 0.6 is 46.4 Å². The maximum atomic E-state index is 14.1. The van der Waals surface area contributed by atoms with E-state index in [-0.39, 0.29) is 22.5 Å². The van der Waals surface area contributed by atoms with Gasteiger partial charge in [-0.25, -0.2) is 18.8 Å². The molecule has 2 N–H and O–H groups in total. The van der Waals surface area contributed by atoms with Crippen LogP contribution in [0.15, 0.2) is 38.9 Å². The number of allylic oxidation sites excluding steroid dienone is 2. The summed E-state index contributed by atoms with van der Waals surface area (Å²) in [4.78, 5) is 38.2. The van der Waals surface area contributed by atoms with Crippen LogP contribution in [0, 0.1) is 26.6 Å². The Kier molecular flexibility index (Phi) is 10.5. The smallest absolute Gasteiger partial charge is 0.280 e. The Labute approximate surface area is 233 Å². The van der Waals surface area contributed by atoms with Crippen molar-refractivity contribution in [2.45, 2.75) is 27.7 Å². The Morgan fingerprint density at radius 2 is 1.58 bits per heavy atom. The number of hydrogen-bond donors (Lipinski definition) is 2. The minimum atomic E-state index is -0.937. The van der Waals surface area contributed by atoms with E-state index in [1.54, 1.807) is 19.9 Å². The molecule has 3 rings (SSSR count). The molecule has 38 heavy (non-hydrogen) atoms. The standard InChI is InChI=1S/C11H8Cl2FN3O2.C11H10Cl2FN3O2/c1-4-3-15-9(13)7(14)8(4)17-5(2)16-10(18)6(12)11(17)19;1-3-4-15-9(13)7(14)5-17-6(2)16-10(18)8(12)11(17)19/h3,18H,1-2H3;3-5,18H,1-2H3/b;4-3+,7-5-,15-9-. The Morgan fingerprint density at radius 1 is 1.03 bits per heavy atom. The number of halogens is 6. The van der Waals surface area contributed by atoms with Crippen molar-refractivity contribution in [3.8, 4) is 17.4 Å². The number of pyridine rings is 1. The molecule has 0 radical (unpaired) electrons. The van der Waals surface area contributed by atoms with Gasteiger partial charge in [0.25, 0.3) is 11.1 Å². The third-order valence-corrected chi connectivity index (χ3v) is 5.73. The number of hydrogen-bond acceptors (Lipinski definition) is 8. The SMILES string of the molecule is C/C=C/N=C(Cl)/C(F)=C/n1c(C)nc(O)c(Cl)c1=O.Cc1cnc(Cl)c(F)c1-n1c(C)nc(O)c(Cl)c1=O. The Balaban J connectivity index is 0.000000267. The zero-order chi connectivity index (χ0) is 28.9. The summed E-state index contributed by atoms with van der Waals surface area (Å²) in [6.45, 7) is 6.09. The average molecular weight is 610 g/mol. The van der Waals surface area contributed by atoms with E-state index in [0.717, 1.165) is 15.3 Å². The number of aromatic nitrogens is 5. The summed E-state index contributed by atoms with van der Waals surface area (Å²) in [5.41, 5.74) is -1.29. The number of rotatable bonds is 4. The molecule has 3 aromatic rings. The molecule has 10 nitrogen and oxygen atoms in total. The number of aromatic hydroxyl groups is 2. The van der Waals surface area contributed by atoms with E-state index in [4.69, 9.17) is 46.4 Å². The molecular formula is C22H18Cl4F2N6O4. The van der Waals surface area contributed by atoms with E-state index < -0.39 is 49.7 Å². The Morgan fingerprint density at radius 3 is 2.16 bits per heavy atom. The molecule has 0 amide bonds. The molecule has 0 aliphatic rings. The van der Waals surface area contributed by atoms with Crippen LogP contribution in [0.1, 0.15) is 24.1 Å². The van der Waals surface area contributed by atoms with Crippen molar-refractivity contribution >= 4 is 57.8 Å². The van der Waals surface area contributed by atoms with Crippen molar-refractivity contribution < 1.29 is 19.0 Å². The van der Waals surface area contributed by atoms with Gasteiger partial charge in [0.05, 0.1) is 11.9 Å². The highest BCUT2D eigenvalue weighted by atomic mass is 35.5. The summed E-state index contributed by atoms with van der Waals surface area (Å²) in [7, 11) is 0. The summed E-state index contributed by atoms with van der Waals surface area (Å²) < 4.78 is 29.5. The third kappa shape index (κ3) is 6.76. The molecule has 0 saturated carbocycles. The van der Waals surface area contributed by atoms with Gasteiger partial charge < -0.3 is 10.2 Å². The maximum absolute atomic E-state index is 14.1. The lowest BCUT2D eigenvalue weighted by atomic mass is 10.2. The van der Waals surface area contributed by atoms with E-state index in [1.807, 2.05) is 0 Å². The molecule has 3 aromatic heterocycles. The van der Waals surface area contributed by atoms with Crippen molar-refractivity contribution in [2.24, 2.45) is 4.99 Å². The third-order valence-electron chi connectivity index (χ3n) is 4.53. The summed E-state index contributed by atoms with van der Waals surface area (Å²) in [6.07, 6.45) is 4.98. The van der Waals surface area contributed by atoms with Crippen molar-refractivity contribution in [1.82, 2.24) is 24.1 Å². The summed E-state index contributed by atoms with van der Waals surface area (Å²) >= 11 is 22.3. The van der Waals surface area contributed by atoms with Gasteiger partial charge in [-0.2, -0.15) is 9.97 Å². The Bertz CT molecular complexity index is 1600. The molecule has 0 saturated heterocycles. The highest BCUT2D eigenvalue weighted by Crippen LogP contribution is 2.25. The Hall–Kier alpha value is -3.32. The minimum Gasteiger partial charge on any atom is -0.492 e. The van der Waals surface area contributed by atoms with Gasteiger partial charge in [0.2, 0.25) is 11.8 Å². The van der Waals surface area contributed by atoms with Gasteiger partial charge in [0.1, 0.15) is 11.6 Å². The van der Waals surface area contributed by atoms with Gasteiger partial charge in [-0.3, -0.25) is 18.7 Å². The van der Waals surface area contributed by atoms with Gasteiger partial charge in [-0.1, -0.05) is 52.5 Å². The van der Waals surface area contributed by atoms with Crippen molar-refractivity contribution in [3.63, 3.8) is 0 Å². The van der Waals surface area contributed by atoms with Crippen LogP contribution in [0.4, 0.5) is 8.78 Å². The molecule has 16 heteroatoms. The fourth-order valence-corrected chi connectivity index (χ4v) is 3.30. The first-order chi connectivity index (χ1) is 17.7. The molecule has 0 unspecified atom stereocenters. The van der Waals surface area contributed by atoms with Gasteiger partial charge in [-0.05, 0) is 33.3 Å². The molecule has 202 valence electrons. The minimum absolute atomic E-state index is 0.0533. The second-order valence-electron chi connectivity index (χ2n) is 7.18. The van der Waals surface area contributed by atoms with Crippen LogP contribution in [-0.2, 0) is 0 Å². The molecule has 0 atom stereocenters. The fraction of sp³-hybridized carbons (Fsp3) is 0.182. The molecular weight excluding hydrogens is 592 g/mol. The predicted molar refractivity (Wildman–Crippen MR) is 142 cm³/mol. The largest absolute Gasteiger partial charge is 0.492 e. The van der Waals surface area contributed by atoms with Gasteiger partial charge in [-0.15, -0.1) is 0 Å². The highest BCUT2D eigenvalue weighted by Gasteiger charge is 2.20. The zero-order valence-electron chi connectivity index (χ0n) is 20.0. The van der Waals surface area contributed by atoms with E-state index >= 15 is 0 Å². The fourth-order valence-electron chi connectivity index (χ4n) is 2.80. The number of aryl methyl sites for hydroxylation is 3. The van der Waals surface area contributed by atoms with Crippen LogP contribution in [0.25, 0.3) is 11.9 Å². The zero-order valence-corrected chi connectivity index (χ0v) is 23.0. The van der Waals surface area contributed by atoms with Gasteiger partial charge in [0, 0.05) is 12.4 Å². The second-order valence-corrected chi connectivity index (χ2v) is 8.65. The normalized spacial score (nSPS) is 12.1. The van der Waals surface area contributed by atoms with E-state index in [1.165, 1.54) is 26.2 Å². The lowest BCUT2D eigenvalue weighted by molar-refractivity contribution is 0.446. The van der Waals surface area contributed by atoms with Crippen LogP contribution in [0.5, 0.6) is 11.8 Å². The van der Waals surface area contributed by atoms with Crippen molar-refractivity contribution in [2.75, 3.05) is 0 Å². The summed E-state index contributed by atoms with van der Waals surface area (Å²) in [5, 5.41) is 16.8. The average Bonchev–Trinajstić information content (AvgIpc) is 2.87. The quantitative estimate of drug-likeness (QED) is 0.305. The van der Waals surface area contributed by atoms with Gasteiger partial charge >= 0.3 is 0 Å². The summed E-state index contributed by atoms with van der Waals surface area (Å²) in [6, 6.07) is 0. The van der Waals surface area contributed by atoms with Crippen LogP contribution in [0.2, 0.25) is 15.2 Å². The van der Waals surface area contributed by atoms with Gasteiger partial charge in [0.15, 0.2) is 32.0 Å². The molecule has 0 aromatic carbocycles. The number of aliphatic imine (C=N–C) groups is 1. The lowest BCUT2D eigenvalue weighted by Crippen LogP contribution is -2.24. The second kappa shape index (κ2) is 13.0. The summed E-state index contributed by atoms with van der Waals surface area (Å²) in [5.74, 6) is -2.86. The van der Waals surface area contributed by atoms with Crippen LogP contribution in [-0.4, -0.2) is 39.5 Å². The van der Waals surface area contributed by atoms with Crippen LogP contribution < -0.4 is 11.1 Å².